The summed E-state index contributed by atoms with van der Waals surface area (Å²) in [4.78, 5) is 16.0. The van der Waals surface area contributed by atoms with Gasteiger partial charge < -0.3 is 10.2 Å². The molecule has 0 fully saturated rings. The minimum atomic E-state index is -0.924. The molecule has 5 heteroatoms. The summed E-state index contributed by atoms with van der Waals surface area (Å²) in [6.07, 6.45) is 0.784. The zero-order valence-corrected chi connectivity index (χ0v) is 10.3. The summed E-state index contributed by atoms with van der Waals surface area (Å²) in [5, 5.41) is 19.5. The number of pyridine rings is 1. The number of rotatable bonds is 1. The predicted octanol–water partition coefficient (Wildman–Crippen LogP) is 2.43. The Balaban J connectivity index is 2.40. The molecule has 2 heterocycles. The summed E-state index contributed by atoms with van der Waals surface area (Å²) in [6, 6.07) is 4.64. The molecule has 92 valence electrons. The number of nitrogens with zero attached hydrogens (tertiary/aromatic N) is 1. The number of benzene rings is 1. The lowest BCUT2D eigenvalue weighted by Gasteiger charge is -2.18. The van der Waals surface area contributed by atoms with Crippen LogP contribution in [0.5, 0.6) is 5.75 Å². The second-order valence-electron chi connectivity index (χ2n) is 4.22. The first-order chi connectivity index (χ1) is 8.66. The molecule has 3 rings (SSSR count). The van der Waals surface area contributed by atoms with E-state index in [9.17, 15) is 15.0 Å². The molecule has 1 aliphatic rings. The first-order valence-electron chi connectivity index (χ1n) is 5.62. The molecule has 0 radical (unpaired) electrons. The summed E-state index contributed by atoms with van der Waals surface area (Å²) in [6.45, 7) is 0. The van der Waals surface area contributed by atoms with Crippen molar-refractivity contribution < 1.29 is 15.0 Å². The van der Waals surface area contributed by atoms with Crippen LogP contribution >= 0.6 is 11.8 Å². The number of fused-ring (bicyclic) bond motifs is 2. The maximum Gasteiger partial charge on any atom is 0.336 e. The second-order valence-corrected chi connectivity index (χ2v) is 5.33. The molecule has 2 N–H and O–H groups in total. The number of hydrogen-bond acceptors (Lipinski definition) is 4. The van der Waals surface area contributed by atoms with Gasteiger partial charge in [0.15, 0.2) is 0 Å². The number of carbonyl (C=O) groups is 1. The van der Waals surface area contributed by atoms with Gasteiger partial charge in [-0.1, -0.05) is 0 Å². The monoisotopic (exact) mass is 261 g/mol. The Morgan fingerprint density at radius 2 is 2.22 bits per heavy atom. The minimum absolute atomic E-state index is 0.108. The fourth-order valence-electron chi connectivity index (χ4n) is 2.29. The summed E-state index contributed by atoms with van der Waals surface area (Å²) >= 11 is 1.73. The minimum Gasteiger partial charge on any atom is -0.508 e. The van der Waals surface area contributed by atoms with Crippen molar-refractivity contribution in [3.63, 3.8) is 0 Å². The largest absolute Gasteiger partial charge is 0.508 e. The van der Waals surface area contributed by atoms with E-state index >= 15 is 0 Å². The van der Waals surface area contributed by atoms with Crippen LogP contribution in [0.25, 0.3) is 10.9 Å². The molecule has 0 atom stereocenters. The van der Waals surface area contributed by atoms with Crippen LogP contribution in [0.1, 0.15) is 21.6 Å². The van der Waals surface area contributed by atoms with Gasteiger partial charge in [-0.25, -0.2) is 4.79 Å². The zero-order valence-electron chi connectivity index (χ0n) is 9.51. The van der Waals surface area contributed by atoms with Gasteiger partial charge in [-0.15, -0.1) is 0 Å². The van der Waals surface area contributed by atoms with Gasteiger partial charge >= 0.3 is 5.97 Å². The second kappa shape index (κ2) is 4.17. The van der Waals surface area contributed by atoms with Gasteiger partial charge in [-0.2, -0.15) is 11.8 Å². The summed E-state index contributed by atoms with van der Waals surface area (Å²) in [5.74, 6) is 0.841. The fraction of sp³-hybridized carbons (Fsp3) is 0.231. The molecule has 0 saturated carbocycles. The first kappa shape index (κ1) is 11.3. The number of aromatic carboxylic acids is 1. The highest BCUT2D eigenvalue weighted by Crippen LogP contribution is 2.32. The molecule has 1 aromatic carbocycles. The first-order valence-corrected chi connectivity index (χ1v) is 6.78. The fourth-order valence-corrected chi connectivity index (χ4v) is 3.29. The number of thioether (sulfide) groups is 1. The number of aromatic hydroxyl groups is 1. The van der Waals surface area contributed by atoms with E-state index in [1.165, 1.54) is 12.1 Å². The van der Waals surface area contributed by atoms with Gasteiger partial charge in [-0.3, -0.25) is 4.98 Å². The van der Waals surface area contributed by atoms with Crippen molar-refractivity contribution in [2.45, 2.75) is 12.2 Å². The smallest absolute Gasteiger partial charge is 0.336 e. The van der Waals surface area contributed by atoms with Crippen molar-refractivity contribution in [2.24, 2.45) is 0 Å². The van der Waals surface area contributed by atoms with Crippen LogP contribution in [0.4, 0.5) is 0 Å². The van der Waals surface area contributed by atoms with E-state index in [2.05, 4.69) is 4.98 Å². The maximum absolute atomic E-state index is 11.5. The molecule has 0 aliphatic carbocycles. The number of hydrogen-bond donors (Lipinski definition) is 2. The lowest BCUT2D eigenvalue weighted by molar-refractivity contribution is 0.0698. The van der Waals surface area contributed by atoms with Crippen LogP contribution in [0.2, 0.25) is 0 Å². The van der Waals surface area contributed by atoms with Crippen molar-refractivity contribution in [1.29, 1.82) is 0 Å². The van der Waals surface area contributed by atoms with E-state index in [-0.39, 0.29) is 5.75 Å². The molecule has 4 nitrogen and oxygen atoms in total. The Morgan fingerprint density at radius 3 is 3.00 bits per heavy atom. The van der Waals surface area contributed by atoms with Crippen molar-refractivity contribution in [2.75, 3.05) is 5.75 Å². The highest BCUT2D eigenvalue weighted by molar-refractivity contribution is 7.98. The van der Waals surface area contributed by atoms with E-state index in [1.54, 1.807) is 17.8 Å². The molecule has 2 aromatic rings. The third-order valence-corrected chi connectivity index (χ3v) is 4.09. The average molecular weight is 261 g/mol. The molecule has 1 aromatic heterocycles. The quantitative estimate of drug-likeness (QED) is 0.825. The number of phenolic OH excluding ortho intramolecular Hbond substituents is 1. The number of aromatic nitrogens is 1. The van der Waals surface area contributed by atoms with Crippen LogP contribution in [0.3, 0.4) is 0 Å². The van der Waals surface area contributed by atoms with Gasteiger partial charge in [0.25, 0.3) is 0 Å². The molecule has 1 aliphatic heterocycles. The third-order valence-electron chi connectivity index (χ3n) is 3.10. The van der Waals surface area contributed by atoms with Gasteiger partial charge in [0.1, 0.15) is 5.75 Å². The predicted molar refractivity (Wildman–Crippen MR) is 70.2 cm³/mol. The number of phenols is 1. The zero-order chi connectivity index (χ0) is 12.7. The molecule has 18 heavy (non-hydrogen) atoms. The number of carboxylic acid groups (broad SMARTS) is 1. The Hall–Kier alpha value is -1.75. The Bertz CT molecular complexity index is 654. The highest BCUT2D eigenvalue weighted by atomic mass is 32.2. The van der Waals surface area contributed by atoms with E-state index in [0.717, 1.165) is 23.4 Å². The molecule has 0 unspecified atom stereocenters. The van der Waals surface area contributed by atoms with E-state index in [1.807, 2.05) is 0 Å². The van der Waals surface area contributed by atoms with Crippen molar-refractivity contribution in [1.82, 2.24) is 4.98 Å². The third kappa shape index (κ3) is 1.71. The lowest BCUT2D eigenvalue weighted by Crippen LogP contribution is -2.13. The summed E-state index contributed by atoms with van der Waals surface area (Å²) < 4.78 is 0. The molecular weight excluding hydrogens is 250 g/mol. The molecule has 0 amide bonds. The molecular formula is C13H11NO3S. The van der Waals surface area contributed by atoms with Gasteiger partial charge in [0, 0.05) is 22.9 Å². The van der Waals surface area contributed by atoms with Crippen LogP contribution in [-0.2, 0) is 12.2 Å². The van der Waals surface area contributed by atoms with Gasteiger partial charge in [0.05, 0.1) is 11.1 Å². The molecule has 0 saturated heterocycles. The lowest BCUT2D eigenvalue weighted by atomic mass is 10.00. The summed E-state index contributed by atoms with van der Waals surface area (Å²) in [7, 11) is 0. The van der Waals surface area contributed by atoms with Crippen molar-refractivity contribution in [3.05, 3.63) is 35.0 Å². The van der Waals surface area contributed by atoms with E-state index in [4.69, 9.17) is 0 Å². The SMILES string of the molecule is O=C(O)c1c2c(nc3cc(O)ccc13)CCSC2. The maximum atomic E-state index is 11.5. The van der Waals surface area contributed by atoms with Gasteiger partial charge in [0.2, 0.25) is 0 Å². The number of aryl methyl sites for hydroxylation is 1. The molecule has 0 bridgehead atoms. The van der Waals surface area contributed by atoms with Crippen LogP contribution in [0, 0.1) is 0 Å². The van der Waals surface area contributed by atoms with Crippen molar-refractivity contribution in [3.8, 4) is 5.75 Å². The summed E-state index contributed by atoms with van der Waals surface area (Å²) in [5.41, 5.74) is 2.57. The van der Waals surface area contributed by atoms with E-state index < -0.39 is 5.97 Å². The standard InChI is InChI=1S/C13H11NO3S/c15-7-1-2-8-11(5-7)14-10-3-4-18-6-9(10)12(8)13(16)17/h1-2,5,15H,3-4,6H2,(H,16,17). The molecule has 0 spiro atoms. The Morgan fingerprint density at radius 1 is 1.39 bits per heavy atom. The number of carboxylic acids is 1. The van der Waals surface area contributed by atoms with Crippen LogP contribution in [0.15, 0.2) is 18.2 Å². The van der Waals surface area contributed by atoms with Crippen LogP contribution in [-0.4, -0.2) is 26.9 Å². The van der Waals surface area contributed by atoms with Crippen molar-refractivity contribution >= 4 is 28.6 Å². The highest BCUT2D eigenvalue weighted by Gasteiger charge is 2.22. The average Bonchev–Trinajstić information content (AvgIpc) is 2.35. The Labute approximate surface area is 108 Å². The normalized spacial score (nSPS) is 14.4. The topological polar surface area (TPSA) is 70.4 Å². The van der Waals surface area contributed by atoms with Crippen LogP contribution < -0.4 is 0 Å². The van der Waals surface area contributed by atoms with Gasteiger partial charge in [-0.05, 0) is 29.9 Å². The van der Waals surface area contributed by atoms with E-state index in [0.29, 0.717) is 22.2 Å². The Kier molecular flexibility index (Phi) is 2.63.